The lowest BCUT2D eigenvalue weighted by Crippen LogP contribution is -2.49. The van der Waals surface area contributed by atoms with Crippen LogP contribution >= 0.6 is 12.2 Å². The summed E-state index contributed by atoms with van der Waals surface area (Å²) in [7, 11) is 0. The predicted octanol–water partition coefficient (Wildman–Crippen LogP) is 1.20. The van der Waals surface area contributed by atoms with Crippen molar-refractivity contribution < 1.29 is 4.74 Å². The standard InChI is InChI=1S/C16H23N3OS/c17-16(21)12-19-8-6-18(7-9-19)11-15-14-4-2-1-3-13(14)5-10-20-15/h1-4,15H,5-12H2,(H2,17,21). The van der Waals surface area contributed by atoms with E-state index in [1.165, 1.54) is 11.1 Å². The highest BCUT2D eigenvalue weighted by Gasteiger charge is 2.25. The van der Waals surface area contributed by atoms with Gasteiger partial charge in [-0.2, -0.15) is 0 Å². The van der Waals surface area contributed by atoms with Crippen molar-refractivity contribution in [1.29, 1.82) is 0 Å². The van der Waals surface area contributed by atoms with Gasteiger partial charge in [-0.25, -0.2) is 0 Å². The molecular weight excluding hydrogens is 282 g/mol. The Labute approximate surface area is 131 Å². The van der Waals surface area contributed by atoms with Crippen molar-refractivity contribution in [2.24, 2.45) is 5.73 Å². The lowest BCUT2D eigenvalue weighted by Gasteiger charge is -2.37. The maximum atomic E-state index is 6.00. The molecule has 1 fully saturated rings. The van der Waals surface area contributed by atoms with Gasteiger partial charge in [0, 0.05) is 39.3 Å². The molecule has 0 aliphatic carbocycles. The zero-order valence-electron chi connectivity index (χ0n) is 12.3. The number of thiocarbonyl (C=S) groups is 1. The molecule has 2 aliphatic heterocycles. The van der Waals surface area contributed by atoms with E-state index in [4.69, 9.17) is 22.7 Å². The largest absolute Gasteiger partial charge is 0.392 e. The van der Waals surface area contributed by atoms with E-state index in [1.807, 2.05) is 0 Å². The molecule has 0 radical (unpaired) electrons. The molecule has 3 rings (SSSR count). The molecule has 0 saturated carbocycles. The highest BCUT2D eigenvalue weighted by Crippen LogP contribution is 2.27. The van der Waals surface area contributed by atoms with Crippen LogP contribution in [0, 0.1) is 0 Å². The van der Waals surface area contributed by atoms with Gasteiger partial charge in [0.25, 0.3) is 0 Å². The quantitative estimate of drug-likeness (QED) is 0.847. The Hall–Kier alpha value is -1.01. The minimum absolute atomic E-state index is 0.220. The third kappa shape index (κ3) is 3.80. The maximum Gasteiger partial charge on any atom is 0.0954 e. The normalized spacial score (nSPS) is 23.7. The summed E-state index contributed by atoms with van der Waals surface area (Å²) in [5.74, 6) is 0. The lowest BCUT2D eigenvalue weighted by atomic mass is 9.97. The fourth-order valence-corrected chi connectivity index (χ4v) is 3.40. The molecule has 0 amide bonds. The number of nitrogens with two attached hydrogens (primary N) is 1. The number of nitrogens with zero attached hydrogens (tertiary/aromatic N) is 2. The van der Waals surface area contributed by atoms with Crippen molar-refractivity contribution >= 4 is 17.2 Å². The van der Waals surface area contributed by atoms with Gasteiger partial charge in [-0.15, -0.1) is 0 Å². The zero-order valence-corrected chi connectivity index (χ0v) is 13.1. The minimum Gasteiger partial charge on any atom is -0.392 e. The third-order valence-corrected chi connectivity index (χ3v) is 4.49. The molecule has 0 aromatic heterocycles. The zero-order chi connectivity index (χ0) is 14.7. The van der Waals surface area contributed by atoms with Gasteiger partial charge >= 0.3 is 0 Å². The molecular formula is C16H23N3OS. The smallest absolute Gasteiger partial charge is 0.0954 e. The number of ether oxygens (including phenoxy) is 1. The van der Waals surface area contributed by atoms with Crippen LogP contribution in [0.25, 0.3) is 0 Å². The molecule has 0 bridgehead atoms. The molecule has 114 valence electrons. The Balaban J connectivity index is 1.56. The average molecular weight is 305 g/mol. The Morgan fingerprint density at radius 3 is 2.67 bits per heavy atom. The highest BCUT2D eigenvalue weighted by molar-refractivity contribution is 7.80. The van der Waals surface area contributed by atoms with Gasteiger partial charge in [-0.1, -0.05) is 36.5 Å². The monoisotopic (exact) mass is 305 g/mol. The van der Waals surface area contributed by atoms with E-state index in [2.05, 4.69) is 34.1 Å². The Kier molecular flexibility index (Phi) is 4.85. The van der Waals surface area contributed by atoms with Gasteiger partial charge in [-0.3, -0.25) is 9.80 Å². The van der Waals surface area contributed by atoms with Crippen LogP contribution in [-0.2, 0) is 11.2 Å². The highest BCUT2D eigenvalue weighted by atomic mass is 32.1. The van der Waals surface area contributed by atoms with Gasteiger partial charge in [0.1, 0.15) is 0 Å². The molecule has 1 aromatic carbocycles. The summed E-state index contributed by atoms with van der Waals surface area (Å²) in [5, 5.41) is 0. The second-order valence-electron chi connectivity index (χ2n) is 5.85. The van der Waals surface area contributed by atoms with Gasteiger partial charge in [-0.05, 0) is 17.5 Å². The van der Waals surface area contributed by atoms with Crippen LogP contribution in [0.15, 0.2) is 24.3 Å². The molecule has 5 heteroatoms. The van der Waals surface area contributed by atoms with Crippen molar-refractivity contribution in [3.8, 4) is 0 Å². The molecule has 2 heterocycles. The van der Waals surface area contributed by atoms with E-state index < -0.39 is 0 Å². The van der Waals surface area contributed by atoms with Gasteiger partial charge in [0.05, 0.1) is 17.7 Å². The first-order valence-corrected chi connectivity index (χ1v) is 8.05. The molecule has 2 N–H and O–H groups in total. The number of hydrogen-bond donors (Lipinski definition) is 1. The molecule has 21 heavy (non-hydrogen) atoms. The maximum absolute atomic E-state index is 6.00. The molecule has 0 spiro atoms. The van der Waals surface area contributed by atoms with Gasteiger partial charge in [0.2, 0.25) is 0 Å². The van der Waals surface area contributed by atoms with E-state index in [9.17, 15) is 0 Å². The molecule has 4 nitrogen and oxygen atoms in total. The van der Waals surface area contributed by atoms with Crippen molar-refractivity contribution in [2.45, 2.75) is 12.5 Å². The number of rotatable bonds is 4. The van der Waals surface area contributed by atoms with Crippen LogP contribution in [-0.4, -0.2) is 60.7 Å². The van der Waals surface area contributed by atoms with Crippen molar-refractivity contribution in [3.05, 3.63) is 35.4 Å². The Bertz CT molecular complexity index is 500. The first-order chi connectivity index (χ1) is 10.2. The van der Waals surface area contributed by atoms with Crippen molar-refractivity contribution in [2.75, 3.05) is 45.9 Å². The van der Waals surface area contributed by atoms with Crippen LogP contribution in [0.4, 0.5) is 0 Å². The van der Waals surface area contributed by atoms with Crippen LogP contribution < -0.4 is 5.73 Å². The summed E-state index contributed by atoms with van der Waals surface area (Å²) in [5.41, 5.74) is 8.43. The van der Waals surface area contributed by atoms with E-state index in [0.29, 0.717) is 4.99 Å². The Morgan fingerprint density at radius 2 is 1.90 bits per heavy atom. The number of fused-ring (bicyclic) bond motifs is 1. The fraction of sp³-hybridized carbons (Fsp3) is 0.562. The third-order valence-electron chi connectivity index (χ3n) is 4.36. The second kappa shape index (κ2) is 6.83. The van der Waals surface area contributed by atoms with E-state index in [-0.39, 0.29) is 6.10 Å². The lowest BCUT2D eigenvalue weighted by molar-refractivity contribution is 0.00583. The molecule has 1 unspecified atom stereocenters. The fourth-order valence-electron chi connectivity index (χ4n) is 3.21. The van der Waals surface area contributed by atoms with Crippen LogP contribution in [0.2, 0.25) is 0 Å². The first-order valence-electron chi connectivity index (χ1n) is 7.65. The van der Waals surface area contributed by atoms with Crippen molar-refractivity contribution in [1.82, 2.24) is 9.80 Å². The predicted molar refractivity (Wildman–Crippen MR) is 88.5 cm³/mol. The van der Waals surface area contributed by atoms with Gasteiger partial charge in [0.15, 0.2) is 0 Å². The summed E-state index contributed by atoms with van der Waals surface area (Å²) in [6, 6.07) is 8.67. The molecule has 1 saturated heterocycles. The summed E-state index contributed by atoms with van der Waals surface area (Å²) >= 11 is 4.98. The SMILES string of the molecule is NC(=S)CN1CCN(CC2OCCc3ccccc32)CC1. The average Bonchev–Trinajstić information content (AvgIpc) is 2.49. The Morgan fingerprint density at radius 1 is 1.19 bits per heavy atom. The topological polar surface area (TPSA) is 41.7 Å². The number of hydrogen-bond acceptors (Lipinski definition) is 4. The summed E-state index contributed by atoms with van der Waals surface area (Å²) in [4.78, 5) is 5.41. The number of benzene rings is 1. The van der Waals surface area contributed by atoms with E-state index in [0.717, 1.165) is 52.3 Å². The molecule has 2 aliphatic rings. The van der Waals surface area contributed by atoms with Crippen LogP contribution in [0.5, 0.6) is 0 Å². The summed E-state index contributed by atoms with van der Waals surface area (Å²) < 4.78 is 6.00. The van der Waals surface area contributed by atoms with E-state index in [1.54, 1.807) is 0 Å². The van der Waals surface area contributed by atoms with E-state index >= 15 is 0 Å². The molecule has 1 atom stereocenters. The van der Waals surface area contributed by atoms with Crippen molar-refractivity contribution in [3.63, 3.8) is 0 Å². The summed E-state index contributed by atoms with van der Waals surface area (Å²) in [6.07, 6.45) is 1.26. The second-order valence-corrected chi connectivity index (χ2v) is 6.38. The van der Waals surface area contributed by atoms with Gasteiger partial charge < -0.3 is 10.5 Å². The molecule has 1 aromatic rings. The number of piperazine rings is 1. The first kappa shape index (κ1) is 14.9. The van der Waals surface area contributed by atoms with Crippen LogP contribution in [0.1, 0.15) is 17.2 Å². The minimum atomic E-state index is 0.220. The van der Waals surface area contributed by atoms with Crippen LogP contribution in [0.3, 0.4) is 0 Å². The summed E-state index contributed by atoms with van der Waals surface area (Å²) in [6.45, 7) is 6.75.